The summed E-state index contributed by atoms with van der Waals surface area (Å²) in [4.78, 5) is 11.9. The van der Waals surface area contributed by atoms with Crippen molar-refractivity contribution in [2.45, 2.75) is 20.0 Å². The molecule has 2 N–H and O–H groups in total. The summed E-state index contributed by atoms with van der Waals surface area (Å²) in [5, 5.41) is 20.0. The molecule has 1 aromatic carbocycles. The van der Waals surface area contributed by atoms with Crippen molar-refractivity contribution in [3.8, 4) is 5.75 Å². The van der Waals surface area contributed by atoms with Crippen molar-refractivity contribution in [2.24, 2.45) is 0 Å². The third-order valence-electron chi connectivity index (χ3n) is 2.65. The van der Waals surface area contributed by atoms with Crippen molar-refractivity contribution < 1.29 is 9.90 Å². The summed E-state index contributed by atoms with van der Waals surface area (Å²) in [7, 11) is 0. The Morgan fingerprint density at radius 1 is 1.53 bits per heavy atom. The lowest BCUT2D eigenvalue weighted by molar-refractivity contribution is 0.0949. The number of rotatable bonds is 4. The van der Waals surface area contributed by atoms with Crippen LogP contribution in [0.25, 0.3) is 0 Å². The third-order valence-corrected chi connectivity index (χ3v) is 3.32. The molecule has 1 heterocycles. The first kappa shape index (κ1) is 13.5. The van der Waals surface area contributed by atoms with Gasteiger partial charge in [0.2, 0.25) is 0 Å². The van der Waals surface area contributed by atoms with E-state index in [0.29, 0.717) is 22.4 Å². The summed E-state index contributed by atoms with van der Waals surface area (Å²) in [6.45, 7) is 3.02. The van der Waals surface area contributed by atoms with E-state index >= 15 is 0 Å². The SMILES string of the molecule is CCn1cnnc1CNC(=O)c1ccc(Br)c(O)c1. The maximum absolute atomic E-state index is 11.9. The molecule has 1 aromatic heterocycles. The van der Waals surface area contributed by atoms with Crippen molar-refractivity contribution >= 4 is 21.8 Å². The molecular formula is C12H13BrN4O2. The smallest absolute Gasteiger partial charge is 0.251 e. The van der Waals surface area contributed by atoms with Crippen LogP contribution in [-0.4, -0.2) is 25.8 Å². The quantitative estimate of drug-likeness (QED) is 0.897. The lowest BCUT2D eigenvalue weighted by Gasteiger charge is -2.06. The summed E-state index contributed by atoms with van der Waals surface area (Å²) in [5.74, 6) is 0.454. The van der Waals surface area contributed by atoms with E-state index in [4.69, 9.17) is 0 Å². The highest BCUT2D eigenvalue weighted by molar-refractivity contribution is 9.10. The van der Waals surface area contributed by atoms with E-state index < -0.39 is 0 Å². The summed E-state index contributed by atoms with van der Waals surface area (Å²) in [6.07, 6.45) is 1.62. The van der Waals surface area contributed by atoms with E-state index in [1.165, 1.54) is 6.07 Å². The molecule has 0 aliphatic heterocycles. The highest BCUT2D eigenvalue weighted by atomic mass is 79.9. The fraction of sp³-hybridized carbons (Fsp3) is 0.250. The molecule has 100 valence electrons. The first-order valence-electron chi connectivity index (χ1n) is 5.75. The molecule has 1 amide bonds. The zero-order chi connectivity index (χ0) is 13.8. The highest BCUT2D eigenvalue weighted by Crippen LogP contribution is 2.24. The van der Waals surface area contributed by atoms with E-state index in [1.807, 2.05) is 11.5 Å². The van der Waals surface area contributed by atoms with Gasteiger partial charge in [-0.05, 0) is 41.1 Å². The number of nitrogens with one attached hydrogen (secondary N) is 1. The zero-order valence-corrected chi connectivity index (χ0v) is 11.9. The monoisotopic (exact) mass is 324 g/mol. The van der Waals surface area contributed by atoms with Gasteiger partial charge in [0.05, 0.1) is 11.0 Å². The normalized spacial score (nSPS) is 10.4. The molecule has 19 heavy (non-hydrogen) atoms. The minimum absolute atomic E-state index is 0.0318. The molecule has 0 fully saturated rings. The molecular weight excluding hydrogens is 312 g/mol. The molecule has 0 aliphatic rings. The van der Waals surface area contributed by atoms with Crippen molar-refractivity contribution in [3.05, 3.63) is 40.4 Å². The lowest BCUT2D eigenvalue weighted by Crippen LogP contribution is -2.24. The molecule has 6 nitrogen and oxygen atoms in total. The first-order valence-corrected chi connectivity index (χ1v) is 6.54. The molecule has 0 spiro atoms. The molecule has 0 unspecified atom stereocenters. The van der Waals surface area contributed by atoms with Crippen molar-refractivity contribution in [1.82, 2.24) is 20.1 Å². The van der Waals surface area contributed by atoms with Gasteiger partial charge in [0, 0.05) is 12.1 Å². The third kappa shape index (κ3) is 3.11. The maximum atomic E-state index is 11.9. The lowest BCUT2D eigenvalue weighted by atomic mass is 10.2. The fourth-order valence-electron chi connectivity index (χ4n) is 1.60. The molecule has 0 saturated heterocycles. The van der Waals surface area contributed by atoms with Crippen molar-refractivity contribution in [1.29, 1.82) is 0 Å². The number of phenols is 1. The Kier molecular flexibility index (Phi) is 4.16. The topological polar surface area (TPSA) is 80.0 Å². The van der Waals surface area contributed by atoms with E-state index in [9.17, 15) is 9.90 Å². The predicted octanol–water partition coefficient (Wildman–Crippen LogP) is 1.70. The first-order chi connectivity index (χ1) is 9.11. The predicted molar refractivity (Wildman–Crippen MR) is 72.7 cm³/mol. The highest BCUT2D eigenvalue weighted by Gasteiger charge is 2.09. The van der Waals surface area contributed by atoms with Crippen LogP contribution in [0.3, 0.4) is 0 Å². The van der Waals surface area contributed by atoms with Crippen LogP contribution in [0.15, 0.2) is 29.0 Å². The Balaban J connectivity index is 2.03. The van der Waals surface area contributed by atoms with Crippen molar-refractivity contribution in [3.63, 3.8) is 0 Å². The zero-order valence-electron chi connectivity index (χ0n) is 10.3. The summed E-state index contributed by atoms with van der Waals surface area (Å²) < 4.78 is 2.40. The number of aromatic hydroxyl groups is 1. The Labute approximate surface area is 118 Å². The number of hydrogen-bond donors (Lipinski definition) is 2. The Morgan fingerprint density at radius 3 is 3.00 bits per heavy atom. The van der Waals surface area contributed by atoms with Gasteiger partial charge in [-0.1, -0.05) is 0 Å². The molecule has 2 rings (SSSR count). The average Bonchev–Trinajstić information content (AvgIpc) is 2.86. The summed E-state index contributed by atoms with van der Waals surface area (Å²) >= 11 is 3.16. The minimum Gasteiger partial charge on any atom is -0.507 e. The molecule has 0 radical (unpaired) electrons. The van der Waals surface area contributed by atoms with Gasteiger partial charge < -0.3 is 15.0 Å². The molecule has 0 saturated carbocycles. The number of amides is 1. The van der Waals surface area contributed by atoms with E-state index in [0.717, 1.165) is 6.54 Å². The van der Waals surface area contributed by atoms with Crippen molar-refractivity contribution in [2.75, 3.05) is 0 Å². The summed E-state index contributed by atoms with van der Waals surface area (Å²) in [5.41, 5.74) is 0.392. The molecule has 2 aromatic rings. The number of aromatic nitrogens is 3. The van der Waals surface area contributed by atoms with Crippen LogP contribution in [0.5, 0.6) is 5.75 Å². The number of halogens is 1. The van der Waals surface area contributed by atoms with Gasteiger partial charge in [0.25, 0.3) is 5.91 Å². The Morgan fingerprint density at radius 2 is 2.32 bits per heavy atom. The standard InChI is InChI=1S/C12H13BrN4O2/c1-2-17-7-15-16-11(17)6-14-12(19)8-3-4-9(13)10(18)5-8/h3-5,7,18H,2,6H2,1H3,(H,14,19). The Bertz CT molecular complexity index is 597. The van der Waals surface area contributed by atoms with Crippen LogP contribution < -0.4 is 5.32 Å². The van der Waals surface area contributed by atoms with Gasteiger partial charge >= 0.3 is 0 Å². The second-order valence-corrected chi connectivity index (χ2v) is 4.74. The second kappa shape index (κ2) is 5.83. The number of nitrogens with zero attached hydrogens (tertiary/aromatic N) is 3. The van der Waals surface area contributed by atoms with Crippen LogP contribution in [-0.2, 0) is 13.1 Å². The number of carbonyl (C=O) groups is 1. The van der Waals surface area contributed by atoms with Gasteiger partial charge in [-0.3, -0.25) is 4.79 Å². The van der Waals surface area contributed by atoms with Crippen LogP contribution >= 0.6 is 15.9 Å². The number of phenolic OH excluding ortho intramolecular Hbond substituents is 1. The van der Waals surface area contributed by atoms with E-state index in [2.05, 4.69) is 31.4 Å². The maximum Gasteiger partial charge on any atom is 0.251 e. The fourth-order valence-corrected chi connectivity index (χ4v) is 1.84. The summed E-state index contributed by atoms with van der Waals surface area (Å²) in [6, 6.07) is 4.66. The van der Waals surface area contributed by atoms with E-state index in [1.54, 1.807) is 18.5 Å². The van der Waals surface area contributed by atoms with Gasteiger partial charge in [0.1, 0.15) is 12.1 Å². The number of benzene rings is 1. The average molecular weight is 325 g/mol. The number of aryl methyl sites for hydroxylation is 1. The van der Waals surface area contributed by atoms with Crippen LogP contribution in [0.1, 0.15) is 23.1 Å². The van der Waals surface area contributed by atoms with Crippen LogP contribution in [0.2, 0.25) is 0 Å². The number of hydrogen-bond acceptors (Lipinski definition) is 4. The molecule has 0 atom stereocenters. The minimum atomic E-state index is -0.270. The largest absolute Gasteiger partial charge is 0.507 e. The van der Waals surface area contributed by atoms with Gasteiger partial charge in [-0.25, -0.2) is 0 Å². The van der Waals surface area contributed by atoms with Gasteiger partial charge in [0.15, 0.2) is 5.82 Å². The second-order valence-electron chi connectivity index (χ2n) is 3.88. The van der Waals surface area contributed by atoms with Gasteiger partial charge in [-0.2, -0.15) is 0 Å². The van der Waals surface area contributed by atoms with Crippen LogP contribution in [0, 0.1) is 0 Å². The molecule has 0 bridgehead atoms. The Hall–Kier alpha value is -1.89. The van der Waals surface area contributed by atoms with Crippen LogP contribution in [0.4, 0.5) is 0 Å². The number of carbonyl (C=O) groups excluding carboxylic acids is 1. The molecule has 7 heteroatoms. The van der Waals surface area contributed by atoms with Gasteiger partial charge in [-0.15, -0.1) is 10.2 Å². The van der Waals surface area contributed by atoms with E-state index in [-0.39, 0.29) is 11.7 Å². The molecule has 0 aliphatic carbocycles.